The Bertz CT molecular complexity index is 375. The van der Waals surface area contributed by atoms with Crippen molar-refractivity contribution >= 4 is 17.6 Å². The third-order valence-electron chi connectivity index (χ3n) is 1.81. The van der Waals surface area contributed by atoms with Crippen LogP contribution in [0.4, 0.5) is 10.1 Å². The monoisotopic (exact) mass is 211 g/mol. The molecule has 0 saturated heterocycles. The standard InChI is InChI=1S/C10H10FNO3/c1-7(13)12(6-10(14)15)9-4-2-8(11)3-5-9/h2-5H,6H2,1H3,(H,14,15). The number of hydrogen-bond acceptors (Lipinski definition) is 2. The summed E-state index contributed by atoms with van der Waals surface area (Å²) in [5.74, 6) is -1.95. The Labute approximate surface area is 85.9 Å². The Balaban J connectivity index is 2.94. The van der Waals surface area contributed by atoms with Crippen LogP contribution >= 0.6 is 0 Å². The Kier molecular flexibility index (Phi) is 3.38. The molecule has 1 aromatic rings. The zero-order valence-electron chi connectivity index (χ0n) is 8.11. The number of carboxylic acid groups (broad SMARTS) is 1. The molecule has 0 radical (unpaired) electrons. The van der Waals surface area contributed by atoms with Crippen LogP contribution in [0.3, 0.4) is 0 Å². The van der Waals surface area contributed by atoms with E-state index in [1.807, 2.05) is 0 Å². The van der Waals surface area contributed by atoms with Crippen molar-refractivity contribution in [1.82, 2.24) is 0 Å². The zero-order chi connectivity index (χ0) is 11.4. The summed E-state index contributed by atoms with van der Waals surface area (Å²) in [5, 5.41) is 8.58. The van der Waals surface area contributed by atoms with Gasteiger partial charge < -0.3 is 10.0 Å². The van der Waals surface area contributed by atoms with E-state index in [1.165, 1.54) is 31.2 Å². The largest absolute Gasteiger partial charge is 0.480 e. The number of carbonyl (C=O) groups excluding carboxylic acids is 1. The molecule has 1 aromatic carbocycles. The topological polar surface area (TPSA) is 57.6 Å². The molecule has 0 fully saturated rings. The Morgan fingerprint density at radius 1 is 1.33 bits per heavy atom. The maximum Gasteiger partial charge on any atom is 0.323 e. The van der Waals surface area contributed by atoms with E-state index in [1.54, 1.807) is 0 Å². The molecule has 0 saturated carbocycles. The molecule has 5 heteroatoms. The van der Waals surface area contributed by atoms with Crippen LogP contribution in [0.25, 0.3) is 0 Å². The van der Waals surface area contributed by atoms with Gasteiger partial charge in [0.1, 0.15) is 12.4 Å². The molecular weight excluding hydrogens is 201 g/mol. The summed E-state index contributed by atoms with van der Waals surface area (Å²) < 4.78 is 12.6. The summed E-state index contributed by atoms with van der Waals surface area (Å²) in [6.45, 7) is 0.827. The highest BCUT2D eigenvalue weighted by Gasteiger charge is 2.14. The van der Waals surface area contributed by atoms with Crippen molar-refractivity contribution in [3.63, 3.8) is 0 Å². The maximum atomic E-state index is 12.6. The molecule has 0 spiro atoms. The van der Waals surface area contributed by atoms with Crippen molar-refractivity contribution in [3.8, 4) is 0 Å². The summed E-state index contributed by atoms with van der Waals surface area (Å²) in [6.07, 6.45) is 0. The third-order valence-corrected chi connectivity index (χ3v) is 1.81. The summed E-state index contributed by atoms with van der Waals surface area (Å²) in [6, 6.07) is 5.07. The molecule has 1 N–H and O–H groups in total. The predicted octanol–water partition coefficient (Wildman–Crippen LogP) is 1.26. The number of carbonyl (C=O) groups is 2. The van der Waals surface area contributed by atoms with E-state index >= 15 is 0 Å². The third kappa shape index (κ3) is 3.05. The minimum atomic E-state index is -1.12. The number of rotatable bonds is 3. The molecule has 0 unspecified atom stereocenters. The van der Waals surface area contributed by atoms with Crippen molar-refractivity contribution in [2.24, 2.45) is 0 Å². The van der Waals surface area contributed by atoms with Crippen LogP contribution in [-0.4, -0.2) is 23.5 Å². The molecule has 0 heterocycles. The maximum absolute atomic E-state index is 12.6. The van der Waals surface area contributed by atoms with Gasteiger partial charge in [0.15, 0.2) is 0 Å². The van der Waals surface area contributed by atoms with E-state index in [4.69, 9.17) is 5.11 Å². The van der Waals surface area contributed by atoms with Gasteiger partial charge in [0.05, 0.1) is 0 Å². The van der Waals surface area contributed by atoms with Crippen molar-refractivity contribution in [3.05, 3.63) is 30.1 Å². The highest BCUT2D eigenvalue weighted by atomic mass is 19.1. The van der Waals surface area contributed by atoms with Gasteiger partial charge in [-0.25, -0.2) is 4.39 Å². The summed E-state index contributed by atoms with van der Waals surface area (Å²) >= 11 is 0. The number of nitrogens with zero attached hydrogens (tertiary/aromatic N) is 1. The lowest BCUT2D eigenvalue weighted by atomic mass is 10.2. The SMILES string of the molecule is CC(=O)N(CC(=O)O)c1ccc(F)cc1. The van der Waals surface area contributed by atoms with Gasteiger partial charge in [-0.3, -0.25) is 9.59 Å². The molecule has 0 bridgehead atoms. The lowest BCUT2D eigenvalue weighted by Crippen LogP contribution is -2.33. The number of halogens is 1. The van der Waals surface area contributed by atoms with Crippen LogP contribution < -0.4 is 4.90 Å². The van der Waals surface area contributed by atoms with Gasteiger partial charge in [0.25, 0.3) is 0 Å². The molecule has 1 amide bonds. The van der Waals surface area contributed by atoms with Crippen LogP contribution in [0.2, 0.25) is 0 Å². The Morgan fingerprint density at radius 2 is 1.87 bits per heavy atom. The number of carboxylic acids is 1. The normalized spacial score (nSPS) is 9.73. The average Bonchev–Trinajstić information content (AvgIpc) is 2.15. The summed E-state index contributed by atoms with van der Waals surface area (Å²) in [4.78, 5) is 22.7. The molecule has 0 aliphatic rings. The number of hydrogen-bond donors (Lipinski definition) is 1. The van der Waals surface area contributed by atoms with Gasteiger partial charge in [-0.2, -0.15) is 0 Å². The van der Waals surface area contributed by atoms with Gasteiger partial charge in [0.2, 0.25) is 5.91 Å². The fourth-order valence-electron chi connectivity index (χ4n) is 1.14. The van der Waals surface area contributed by atoms with Crippen molar-refractivity contribution in [2.75, 3.05) is 11.4 Å². The second-order valence-corrected chi connectivity index (χ2v) is 2.98. The minimum absolute atomic E-state index is 0.367. The molecule has 0 aliphatic carbocycles. The van der Waals surface area contributed by atoms with Crippen LogP contribution in [0.1, 0.15) is 6.92 Å². The number of benzene rings is 1. The lowest BCUT2D eigenvalue weighted by Gasteiger charge is -2.18. The lowest BCUT2D eigenvalue weighted by molar-refractivity contribution is -0.136. The van der Waals surface area contributed by atoms with Gasteiger partial charge in [0, 0.05) is 12.6 Å². The first-order valence-corrected chi connectivity index (χ1v) is 4.26. The second kappa shape index (κ2) is 4.54. The fraction of sp³-hybridized carbons (Fsp3) is 0.200. The number of aliphatic carboxylic acids is 1. The molecule has 1 rings (SSSR count). The van der Waals surface area contributed by atoms with Gasteiger partial charge in [-0.15, -0.1) is 0 Å². The van der Waals surface area contributed by atoms with E-state index in [0.29, 0.717) is 5.69 Å². The molecule has 15 heavy (non-hydrogen) atoms. The van der Waals surface area contributed by atoms with E-state index in [2.05, 4.69) is 0 Å². The molecule has 0 atom stereocenters. The first-order valence-electron chi connectivity index (χ1n) is 4.26. The minimum Gasteiger partial charge on any atom is -0.480 e. The van der Waals surface area contributed by atoms with Crippen LogP contribution in [0, 0.1) is 5.82 Å². The van der Waals surface area contributed by atoms with E-state index in [-0.39, 0.29) is 0 Å². The zero-order valence-corrected chi connectivity index (χ0v) is 8.11. The van der Waals surface area contributed by atoms with Crippen LogP contribution in [0.15, 0.2) is 24.3 Å². The first kappa shape index (κ1) is 11.2. The molecule has 80 valence electrons. The molecular formula is C10H10FNO3. The highest BCUT2D eigenvalue weighted by Crippen LogP contribution is 2.14. The van der Waals surface area contributed by atoms with Crippen molar-refractivity contribution in [2.45, 2.75) is 6.92 Å². The van der Waals surface area contributed by atoms with E-state index in [9.17, 15) is 14.0 Å². The van der Waals surface area contributed by atoms with Crippen LogP contribution in [-0.2, 0) is 9.59 Å². The van der Waals surface area contributed by atoms with Crippen molar-refractivity contribution in [1.29, 1.82) is 0 Å². The predicted molar refractivity (Wildman–Crippen MR) is 52.1 cm³/mol. The fourth-order valence-corrected chi connectivity index (χ4v) is 1.14. The van der Waals surface area contributed by atoms with E-state index < -0.39 is 24.2 Å². The molecule has 4 nitrogen and oxygen atoms in total. The Morgan fingerprint density at radius 3 is 2.27 bits per heavy atom. The summed E-state index contributed by atoms with van der Waals surface area (Å²) in [7, 11) is 0. The smallest absolute Gasteiger partial charge is 0.323 e. The number of anilines is 1. The first-order chi connectivity index (χ1) is 7.00. The van der Waals surface area contributed by atoms with Crippen molar-refractivity contribution < 1.29 is 19.1 Å². The number of amides is 1. The second-order valence-electron chi connectivity index (χ2n) is 2.98. The quantitative estimate of drug-likeness (QED) is 0.818. The summed E-state index contributed by atoms with van der Waals surface area (Å²) in [5.41, 5.74) is 0.367. The van der Waals surface area contributed by atoms with Crippen LogP contribution in [0.5, 0.6) is 0 Å². The Hall–Kier alpha value is -1.91. The van der Waals surface area contributed by atoms with Gasteiger partial charge in [-0.05, 0) is 24.3 Å². The van der Waals surface area contributed by atoms with Gasteiger partial charge >= 0.3 is 5.97 Å². The van der Waals surface area contributed by atoms with E-state index in [0.717, 1.165) is 4.90 Å². The average molecular weight is 211 g/mol. The highest BCUT2D eigenvalue weighted by molar-refractivity contribution is 5.95. The molecule has 0 aliphatic heterocycles. The van der Waals surface area contributed by atoms with Gasteiger partial charge in [-0.1, -0.05) is 0 Å². The molecule has 0 aromatic heterocycles.